The number of carbonyl (C=O) groups is 1. The molecule has 1 aromatic carbocycles. The van der Waals surface area contributed by atoms with Crippen molar-refractivity contribution < 1.29 is 9.53 Å². The van der Waals surface area contributed by atoms with E-state index >= 15 is 0 Å². The Hall–Kier alpha value is -2.96. The van der Waals surface area contributed by atoms with Crippen molar-refractivity contribution in [3.63, 3.8) is 0 Å². The molecule has 0 spiro atoms. The molecule has 0 aliphatic rings. The van der Waals surface area contributed by atoms with Crippen molar-refractivity contribution in [2.45, 2.75) is 13.8 Å². The molecular formula is C15H17N5O2. The molecule has 2 heterocycles. The molecule has 3 rings (SSSR count). The first-order valence-electron chi connectivity index (χ1n) is 6.90. The second-order valence-electron chi connectivity index (χ2n) is 4.09. The molecule has 0 fully saturated rings. The maximum absolute atomic E-state index is 11.8. The predicted molar refractivity (Wildman–Crippen MR) is 83.7 cm³/mol. The van der Waals surface area contributed by atoms with Crippen LogP contribution in [0.3, 0.4) is 0 Å². The highest BCUT2D eigenvalue weighted by Gasteiger charge is 2.13. The fourth-order valence-electron chi connectivity index (χ4n) is 1.75. The Morgan fingerprint density at radius 3 is 2.59 bits per heavy atom. The van der Waals surface area contributed by atoms with Gasteiger partial charge in [0.1, 0.15) is 6.33 Å². The summed E-state index contributed by atoms with van der Waals surface area (Å²) >= 11 is 0. The summed E-state index contributed by atoms with van der Waals surface area (Å²) in [5.41, 5.74) is 1.68. The molecule has 0 aliphatic carbocycles. The minimum Gasteiger partial charge on any atom is -0.388 e. The van der Waals surface area contributed by atoms with Crippen LogP contribution in [0.4, 0.5) is 10.5 Å². The summed E-state index contributed by atoms with van der Waals surface area (Å²) in [4.78, 5) is 23.9. The quantitative estimate of drug-likeness (QED) is 0.786. The number of rotatable bonds is 2. The van der Waals surface area contributed by atoms with E-state index in [1.54, 1.807) is 30.1 Å². The molecule has 22 heavy (non-hydrogen) atoms. The highest BCUT2D eigenvalue weighted by molar-refractivity contribution is 5.88. The van der Waals surface area contributed by atoms with Crippen LogP contribution in [0.2, 0.25) is 0 Å². The number of hydrogen-bond donors (Lipinski definition) is 1. The smallest absolute Gasteiger partial charge is 0.388 e. The third-order valence-corrected chi connectivity index (χ3v) is 2.67. The molecule has 0 unspecified atom stereocenters. The van der Waals surface area contributed by atoms with Crippen molar-refractivity contribution in [3.05, 3.63) is 43.0 Å². The number of benzene rings is 1. The second kappa shape index (κ2) is 7.16. The van der Waals surface area contributed by atoms with Gasteiger partial charge in [0.15, 0.2) is 11.2 Å². The van der Waals surface area contributed by atoms with E-state index in [2.05, 4.69) is 20.3 Å². The summed E-state index contributed by atoms with van der Waals surface area (Å²) in [7, 11) is 1.80. The van der Waals surface area contributed by atoms with E-state index in [9.17, 15) is 4.79 Å². The van der Waals surface area contributed by atoms with Crippen molar-refractivity contribution in [1.29, 1.82) is 0 Å². The van der Waals surface area contributed by atoms with Gasteiger partial charge in [0.25, 0.3) is 5.88 Å². The average molecular weight is 299 g/mol. The Balaban J connectivity index is 0.000000847. The number of nitrogens with zero attached hydrogens (tertiary/aromatic N) is 4. The van der Waals surface area contributed by atoms with Crippen LogP contribution in [0, 0.1) is 0 Å². The van der Waals surface area contributed by atoms with Gasteiger partial charge in [-0.1, -0.05) is 32.0 Å². The number of nitrogens with one attached hydrogen (secondary N) is 1. The molecule has 7 nitrogen and oxygen atoms in total. The summed E-state index contributed by atoms with van der Waals surface area (Å²) in [6.45, 7) is 4.00. The van der Waals surface area contributed by atoms with Crippen LogP contribution < -0.4 is 10.1 Å². The Bertz CT molecular complexity index is 755. The van der Waals surface area contributed by atoms with Gasteiger partial charge in [0.2, 0.25) is 0 Å². The lowest BCUT2D eigenvalue weighted by Gasteiger charge is -2.05. The molecule has 114 valence electrons. The molecule has 1 amide bonds. The van der Waals surface area contributed by atoms with Gasteiger partial charge in [-0.15, -0.1) is 0 Å². The normalized spacial score (nSPS) is 9.77. The SMILES string of the molecule is CC.Cn1cnc2c(OC(=O)Nc3ccccc3)ncnc21. The van der Waals surface area contributed by atoms with E-state index in [0.717, 1.165) is 0 Å². The zero-order valence-electron chi connectivity index (χ0n) is 12.6. The van der Waals surface area contributed by atoms with E-state index < -0.39 is 6.09 Å². The van der Waals surface area contributed by atoms with Crippen LogP contribution in [0.25, 0.3) is 11.2 Å². The molecule has 0 saturated carbocycles. The largest absolute Gasteiger partial charge is 0.418 e. The van der Waals surface area contributed by atoms with Gasteiger partial charge in [-0.25, -0.2) is 14.8 Å². The standard InChI is InChI=1S/C13H11N5O2.C2H6/c1-18-8-16-10-11(18)14-7-15-12(10)20-13(19)17-9-5-3-2-4-6-9;1-2/h2-8H,1H3,(H,17,19);1-2H3. The Labute approximate surface area is 128 Å². The van der Waals surface area contributed by atoms with E-state index in [-0.39, 0.29) is 5.88 Å². The van der Waals surface area contributed by atoms with E-state index in [0.29, 0.717) is 16.9 Å². The van der Waals surface area contributed by atoms with Gasteiger partial charge in [-0.05, 0) is 12.1 Å². The summed E-state index contributed by atoms with van der Waals surface area (Å²) in [6, 6.07) is 9.02. The summed E-state index contributed by atoms with van der Waals surface area (Å²) in [5, 5.41) is 2.61. The molecule has 0 radical (unpaired) electrons. The van der Waals surface area contributed by atoms with Gasteiger partial charge in [-0.2, -0.15) is 4.98 Å². The zero-order valence-corrected chi connectivity index (χ0v) is 12.6. The molecule has 0 aliphatic heterocycles. The number of fused-ring (bicyclic) bond motifs is 1. The van der Waals surface area contributed by atoms with Gasteiger partial charge in [0.05, 0.1) is 6.33 Å². The van der Waals surface area contributed by atoms with Crippen LogP contribution in [-0.4, -0.2) is 25.6 Å². The van der Waals surface area contributed by atoms with E-state index in [1.165, 1.54) is 6.33 Å². The lowest BCUT2D eigenvalue weighted by atomic mass is 10.3. The van der Waals surface area contributed by atoms with Crippen LogP contribution in [-0.2, 0) is 7.05 Å². The highest BCUT2D eigenvalue weighted by Crippen LogP contribution is 2.19. The maximum Gasteiger partial charge on any atom is 0.418 e. The number of ether oxygens (including phenoxy) is 1. The summed E-state index contributed by atoms with van der Waals surface area (Å²) in [6.07, 6.45) is 2.29. The minimum absolute atomic E-state index is 0.129. The predicted octanol–water partition coefficient (Wildman–Crippen LogP) is 3.00. The summed E-state index contributed by atoms with van der Waals surface area (Å²) in [5.74, 6) is 0.129. The molecule has 2 aromatic heterocycles. The third-order valence-electron chi connectivity index (χ3n) is 2.67. The van der Waals surface area contributed by atoms with Crippen molar-refractivity contribution in [1.82, 2.24) is 19.5 Å². The molecule has 3 aromatic rings. The Morgan fingerprint density at radius 2 is 1.86 bits per heavy atom. The van der Waals surface area contributed by atoms with Crippen LogP contribution in [0.5, 0.6) is 5.88 Å². The summed E-state index contributed by atoms with van der Waals surface area (Å²) < 4.78 is 6.89. The minimum atomic E-state index is -0.623. The maximum atomic E-state index is 11.8. The Morgan fingerprint density at radius 1 is 1.14 bits per heavy atom. The number of anilines is 1. The van der Waals surface area contributed by atoms with Crippen molar-refractivity contribution in [2.24, 2.45) is 7.05 Å². The number of amides is 1. The molecule has 1 N–H and O–H groups in total. The number of hydrogen-bond acceptors (Lipinski definition) is 5. The highest BCUT2D eigenvalue weighted by atomic mass is 16.6. The first kappa shape index (κ1) is 15.4. The fourth-order valence-corrected chi connectivity index (χ4v) is 1.75. The number of aromatic nitrogens is 4. The van der Waals surface area contributed by atoms with E-state index in [1.807, 2.05) is 32.0 Å². The first-order valence-corrected chi connectivity index (χ1v) is 6.90. The molecule has 0 atom stereocenters. The topological polar surface area (TPSA) is 81.9 Å². The Kier molecular flexibility index (Phi) is 5.02. The van der Waals surface area contributed by atoms with Crippen molar-refractivity contribution >= 4 is 22.9 Å². The molecule has 0 saturated heterocycles. The monoisotopic (exact) mass is 299 g/mol. The zero-order chi connectivity index (χ0) is 15.9. The number of carbonyl (C=O) groups excluding carboxylic acids is 1. The number of aryl methyl sites for hydroxylation is 1. The average Bonchev–Trinajstić information content (AvgIpc) is 2.93. The number of imidazole rings is 1. The second-order valence-corrected chi connectivity index (χ2v) is 4.09. The van der Waals surface area contributed by atoms with E-state index in [4.69, 9.17) is 4.74 Å². The van der Waals surface area contributed by atoms with Crippen LogP contribution in [0.1, 0.15) is 13.8 Å². The van der Waals surface area contributed by atoms with Crippen LogP contribution >= 0.6 is 0 Å². The first-order chi connectivity index (χ1) is 10.7. The molecule has 0 bridgehead atoms. The third kappa shape index (κ3) is 3.38. The van der Waals surface area contributed by atoms with Crippen molar-refractivity contribution in [2.75, 3.05) is 5.32 Å². The number of para-hydroxylation sites is 1. The van der Waals surface area contributed by atoms with Gasteiger partial charge in [0, 0.05) is 12.7 Å². The lowest BCUT2D eigenvalue weighted by Crippen LogP contribution is -2.17. The fraction of sp³-hybridized carbons (Fsp3) is 0.200. The van der Waals surface area contributed by atoms with Gasteiger partial charge < -0.3 is 9.30 Å². The van der Waals surface area contributed by atoms with Gasteiger partial charge >= 0.3 is 6.09 Å². The molecule has 7 heteroatoms. The van der Waals surface area contributed by atoms with Gasteiger partial charge in [-0.3, -0.25) is 5.32 Å². The molecular weight excluding hydrogens is 282 g/mol. The van der Waals surface area contributed by atoms with Crippen molar-refractivity contribution in [3.8, 4) is 5.88 Å². The van der Waals surface area contributed by atoms with Crippen LogP contribution in [0.15, 0.2) is 43.0 Å². The lowest BCUT2D eigenvalue weighted by molar-refractivity contribution is 0.214.